The maximum atomic E-state index is 12.0. The lowest BCUT2D eigenvalue weighted by atomic mass is 10.1. The van der Waals surface area contributed by atoms with Crippen molar-refractivity contribution in [3.05, 3.63) is 59.4 Å². The van der Waals surface area contributed by atoms with Crippen molar-refractivity contribution >= 4 is 16.9 Å². The van der Waals surface area contributed by atoms with Crippen LogP contribution in [0.1, 0.15) is 36.2 Å². The predicted octanol–water partition coefficient (Wildman–Crippen LogP) is 4.15. The molecule has 1 aliphatic carbocycles. The third kappa shape index (κ3) is 4.19. The second kappa shape index (κ2) is 8.05. The minimum absolute atomic E-state index is 0.150. The number of nitrogens with one attached hydrogen (secondary N) is 1. The lowest BCUT2D eigenvalue weighted by molar-refractivity contribution is -0.122. The number of aryl methyl sites for hydroxylation is 3. The summed E-state index contributed by atoms with van der Waals surface area (Å²) in [5, 5.41) is 3.04. The fourth-order valence-corrected chi connectivity index (χ4v) is 3.53. The highest BCUT2D eigenvalue weighted by Gasteiger charge is 2.29. The predicted molar refractivity (Wildman–Crippen MR) is 110 cm³/mol. The molecular weight excluding hydrogens is 350 g/mol. The zero-order chi connectivity index (χ0) is 19.5. The molecule has 0 saturated heterocycles. The van der Waals surface area contributed by atoms with Gasteiger partial charge >= 0.3 is 0 Å². The first-order valence-electron chi connectivity index (χ1n) is 10.0. The van der Waals surface area contributed by atoms with Gasteiger partial charge in [0.2, 0.25) is 5.91 Å². The SMILES string of the molecule is Cc1ccc(OCCCn2c(CNC(=O)C3CC3)nc3ccccc32)c(C)c1. The average molecular weight is 377 g/mol. The summed E-state index contributed by atoms with van der Waals surface area (Å²) in [6, 6.07) is 14.4. The zero-order valence-corrected chi connectivity index (χ0v) is 16.6. The number of imidazole rings is 1. The molecular formula is C23H27N3O2. The van der Waals surface area contributed by atoms with E-state index in [1.54, 1.807) is 0 Å². The van der Waals surface area contributed by atoms with Crippen molar-refractivity contribution in [1.82, 2.24) is 14.9 Å². The third-order valence-corrected chi connectivity index (χ3v) is 5.22. The van der Waals surface area contributed by atoms with Gasteiger partial charge in [-0.3, -0.25) is 4.79 Å². The van der Waals surface area contributed by atoms with Crippen LogP contribution in [0.3, 0.4) is 0 Å². The molecule has 1 heterocycles. The highest BCUT2D eigenvalue weighted by molar-refractivity contribution is 5.81. The van der Waals surface area contributed by atoms with Crippen LogP contribution in [0.5, 0.6) is 5.75 Å². The molecule has 5 heteroatoms. The molecule has 1 fully saturated rings. The van der Waals surface area contributed by atoms with E-state index in [9.17, 15) is 4.79 Å². The number of amides is 1. The molecule has 146 valence electrons. The van der Waals surface area contributed by atoms with E-state index < -0.39 is 0 Å². The normalized spacial score (nSPS) is 13.6. The third-order valence-electron chi connectivity index (χ3n) is 5.22. The van der Waals surface area contributed by atoms with Crippen LogP contribution in [0.15, 0.2) is 42.5 Å². The molecule has 5 nitrogen and oxygen atoms in total. The maximum absolute atomic E-state index is 12.0. The Morgan fingerprint density at radius 1 is 1.21 bits per heavy atom. The van der Waals surface area contributed by atoms with Gasteiger partial charge in [0, 0.05) is 12.5 Å². The van der Waals surface area contributed by atoms with Crippen LogP contribution in [-0.2, 0) is 17.9 Å². The van der Waals surface area contributed by atoms with Gasteiger partial charge in [-0.25, -0.2) is 4.98 Å². The number of fused-ring (bicyclic) bond motifs is 1. The Kier molecular flexibility index (Phi) is 5.33. The Bertz CT molecular complexity index is 989. The fourth-order valence-electron chi connectivity index (χ4n) is 3.53. The van der Waals surface area contributed by atoms with E-state index >= 15 is 0 Å². The molecule has 2 aromatic carbocycles. The van der Waals surface area contributed by atoms with Crippen molar-refractivity contribution in [2.75, 3.05) is 6.61 Å². The van der Waals surface area contributed by atoms with E-state index in [1.807, 2.05) is 24.3 Å². The largest absolute Gasteiger partial charge is 0.493 e. The molecule has 0 aliphatic heterocycles. The number of rotatable bonds is 8. The van der Waals surface area contributed by atoms with Crippen LogP contribution in [0.4, 0.5) is 0 Å². The molecule has 1 amide bonds. The minimum atomic E-state index is 0.150. The topological polar surface area (TPSA) is 56.1 Å². The van der Waals surface area contributed by atoms with Gasteiger partial charge in [0.25, 0.3) is 0 Å². The van der Waals surface area contributed by atoms with Gasteiger partial charge in [-0.2, -0.15) is 0 Å². The first-order chi connectivity index (χ1) is 13.6. The maximum Gasteiger partial charge on any atom is 0.223 e. The smallest absolute Gasteiger partial charge is 0.223 e. The Morgan fingerprint density at radius 3 is 2.82 bits per heavy atom. The van der Waals surface area contributed by atoms with E-state index in [-0.39, 0.29) is 11.8 Å². The van der Waals surface area contributed by atoms with Gasteiger partial charge in [0.05, 0.1) is 24.2 Å². The summed E-state index contributed by atoms with van der Waals surface area (Å²) in [7, 11) is 0. The van der Waals surface area contributed by atoms with E-state index in [0.29, 0.717) is 13.2 Å². The van der Waals surface area contributed by atoms with Gasteiger partial charge in [0.15, 0.2) is 0 Å². The zero-order valence-electron chi connectivity index (χ0n) is 16.6. The van der Waals surface area contributed by atoms with Gasteiger partial charge in [-0.1, -0.05) is 29.8 Å². The summed E-state index contributed by atoms with van der Waals surface area (Å²) in [6.07, 6.45) is 2.90. The molecule has 1 aliphatic rings. The van der Waals surface area contributed by atoms with Crippen molar-refractivity contribution in [3.63, 3.8) is 0 Å². The second-order valence-corrected chi connectivity index (χ2v) is 7.63. The minimum Gasteiger partial charge on any atom is -0.493 e. The fraction of sp³-hybridized carbons (Fsp3) is 0.391. The molecule has 0 unspecified atom stereocenters. The number of nitrogens with zero attached hydrogens (tertiary/aromatic N) is 2. The molecule has 0 bridgehead atoms. The highest BCUT2D eigenvalue weighted by atomic mass is 16.5. The molecule has 3 aromatic rings. The molecule has 1 aromatic heterocycles. The quantitative estimate of drug-likeness (QED) is 0.600. The lowest BCUT2D eigenvalue weighted by Crippen LogP contribution is -2.26. The van der Waals surface area contributed by atoms with Gasteiger partial charge in [0.1, 0.15) is 11.6 Å². The van der Waals surface area contributed by atoms with Crippen LogP contribution in [-0.4, -0.2) is 22.1 Å². The first kappa shape index (κ1) is 18.5. The van der Waals surface area contributed by atoms with Gasteiger partial charge in [-0.15, -0.1) is 0 Å². The first-order valence-corrected chi connectivity index (χ1v) is 10.0. The molecule has 4 rings (SSSR count). The molecule has 0 radical (unpaired) electrons. The summed E-state index contributed by atoms with van der Waals surface area (Å²) < 4.78 is 8.18. The van der Waals surface area contributed by atoms with Gasteiger partial charge in [-0.05, 0) is 56.9 Å². The number of aromatic nitrogens is 2. The number of carbonyl (C=O) groups excluding carboxylic acids is 1. The summed E-state index contributed by atoms with van der Waals surface area (Å²) >= 11 is 0. The van der Waals surface area contributed by atoms with Crippen LogP contribution in [0.2, 0.25) is 0 Å². The molecule has 28 heavy (non-hydrogen) atoms. The number of carbonyl (C=O) groups is 1. The van der Waals surface area contributed by atoms with Crippen molar-refractivity contribution in [1.29, 1.82) is 0 Å². The number of hydrogen-bond donors (Lipinski definition) is 1. The Labute approximate surface area is 165 Å². The number of benzene rings is 2. The molecule has 0 spiro atoms. The highest BCUT2D eigenvalue weighted by Crippen LogP contribution is 2.29. The molecule has 0 atom stereocenters. The summed E-state index contributed by atoms with van der Waals surface area (Å²) in [5.74, 6) is 2.21. The van der Waals surface area contributed by atoms with Crippen LogP contribution in [0.25, 0.3) is 11.0 Å². The monoisotopic (exact) mass is 377 g/mol. The number of ether oxygens (including phenoxy) is 1. The standard InChI is InChI=1S/C23H27N3O2/c1-16-8-11-21(17(2)14-16)28-13-5-12-26-20-7-4-3-6-19(20)25-22(26)15-24-23(27)18-9-10-18/h3-4,6-8,11,14,18H,5,9-10,12-13,15H2,1-2H3,(H,24,27). The van der Waals surface area contributed by atoms with E-state index in [0.717, 1.165) is 54.0 Å². The van der Waals surface area contributed by atoms with Crippen LogP contribution < -0.4 is 10.1 Å². The Balaban J connectivity index is 1.41. The lowest BCUT2D eigenvalue weighted by Gasteiger charge is -2.12. The average Bonchev–Trinajstić information content (AvgIpc) is 3.47. The Hall–Kier alpha value is -2.82. The van der Waals surface area contributed by atoms with Crippen LogP contribution >= 0.6 is 0 Å². The number of para-hydroxylation sites is 2. The van der Waals surface area contributed by atoms with Crippen molar-refractivity contribution in [3.8, 4) is 5.75 Å². The Morgan fingerprint density at radius 2 is 2.04 bits per heavy atom. The van der Waals surface area contributed by atoms with Crippen molar-refractivity contribution in [2.45, 2.75) is 46.2 Å². The van der Waals surface area contributed by atoms with E-state index in [4.69, 9.17) is 9.72 Å². The van der Waals surface area contributed by atoms with Gasteiger partial charge < -0.3 is 14.6 Å². The van der Waals surface area contributed by atoms with E-state index in [2.05, 4.69) is 41.9 Å². The molecule has 1 saturated carbocycles. The van der Waals surface area contributed by atoms with Crippen molar-refractivity contribution in [2.24, 2.45) is 5.92 Å². The molecule has 1 N–H and O–H groups in total. The van der Waals surface area contributed by atoms with E-state index in [1.165, 1.54) is 5.56 Å². The summed E-state index contributed by atoms with van der Waals surface area (Å²) in [5.41, 5.74) is 4.47. The summed E-state index contributed by atoms with van der Waals surface area (Å²) in [4.78, 5) is 16.7. The summed E-state index contributed by atoms with van der Waals surface area (Å²) in [6.45, 7) is 6.09. The van der Waals surface area contributed by atoms with Crippen LogP contribution in [0, 0.1) is 19.8 Å². The van der Waals surface area contributed by atoms with Crippen molar-refractivity contribution < 1.29 is 9.53 Å². The second-order valence-electron chi connectivity index (χ2n) is 7.63. The number of hydrogen-bond acceptors (Lipinski definition) is 3.